The second-order valence-corrected chi connectivity index (χ2v) is 6.63. The average molecular weight is 314 g/mol. The third-order valence-electron chi connectivity index (χ3n) is 3.63. The molecule has 1 aromatic carbocycles. The Morgan fingerprint density at radius 3 is 2.68 bits per heavy atom. The van der Waals surface area contributed by atoms with Crippen molar-refractivity contribution in [3.63, 3.8) is 0 Å². The van der Waals surface area contributed by atoms with E-state index in [1.807, 2.05) is 11.6 Å². The number of aromatic nitrogens is 3. The van der Waals surface area contributed by atoms with Gasteiger partial charge in [0.05, 0.1) is 10.2 Å². The summed E-state index contributed by atoms with van der Waals surface area (Å²) in [6.45, 7) is 4.34. The van der Waals surface area contributed by atoms with Crippen molar-refractivity contribution in [2.24, 2.45) is 19.1 Å². The van der Waals surface area contributed by atoms with Gasteiger partial charge in [0.1, 0.15) is 0 Å². The number of aryl methyl sites for hydroxylation is 2. The lowest BCUT2D eigenvalue weighted by Gasteiger charge is -2.04. The molecule has 2 aromatic heterocycles. The van der Waals surface area contributed by atoms with Crippen molar-refractivity contribution in [3.05, 3.63) is 46.5 Å². The van der Waals surface area contributed by atoms with E-state index in [0.29, 0.717) is 16.4 Å². The molecular formula is C16H18N4OS. The van der Waals surface area contributed by atoms with E-state index >= 15 is 0 Å². The van der Waals surface area contributed by atoms with Crippen LogP contribution in [-0.2, 0) is 14.1 Å². The van der Waals surface area contributed by atoms with E-state index < -0.39 is 0 Å². The van der Waals surface area contributed by atoms with Crippen LogP contribution in [0.4, 0.5) is 0 Å². The monoisotopic (exact) mass is 314 g/mol. The van der Waals surface area contributed by atoms with Gasteiger partial charge in [-0.05, 0) is 29.7 Å². The molecule has 0 spiro atoms. The molecule has 6 heteroatoms. The van der Waals surface area contributed by atoms with E-state index in [2.05, 4.69) is 42.1 Å². The van der Waals surface area contributed by atoms with Crippen molar-refractivity contribution in [2.45, 2.75) is 19.8 Å². The molecule has 0 bridgehead atoms. The lowest BCUT2D eigenvalue weighted by molar-refractivity contribution is 0.0992. The first-order valence-electron chi connectivity index (χ1n) is 7.14. The fraction of sp³-hybridized carbons (Fsp3) is 0.312. The highest BCUT2D eigenvalue weighted by atomic mass is 32.1. The van der Waals surface area contributed by atoms with Gasteiger partial charge >= 0.3 is 0 Å². The Hall–Kier alpha value is -2.21. The average Bonchev–Trinajstić information content (AvgIpc) is 3.03. The maximum absolute atomic E-state index is 12.2. The molecule has 0 unspecified atom stereocenters. The summed E-state index contributed by atoms with van der Waals surface area (Å²) < 4.78 is 4.69. The van der Waals surface area contributed by atoms with Crippen LogP contribution in [0.25, 0.3) is 10.2 Å². The maximum Gasteiger partial charge on any atom is 0.300 e. The fourth-order valence-corrected chi connectivity index (χ4v) is 3.35. The van der Waals surface area contributed by atoms with Crippen LogP contribution in [0.5, 0.6) is 0 Å². The number of benzene rings is 1. The Morgan fingerprint density at radius 2 is 2.05 bits per heavy atom. The molecule has 5 nitrogen and oxygen atoms in total. The van der Waals surface area contributed by atoms with Crippen molar-refractivity contribution < 1.29 is 4.79 Å². The third-order valence-corrected chi connectivity index (χ3v) is 4.72. The molecule has 3 aromatic rings. The number of carbonyl (C=O) groups excluding carboxylic acids is 1. The minimum Gasteiger partial charge on any atom is -0.319 e. The van der Waals surface area contributed by atoms with Crippen LogP contribution in [0.3, 0.4) is 0 Å². The van der Waals surface area contributed by atoms with Crippen molar-refractivity contribution >= 4 is 27.5 Å². The van der Waals surface area contributed by atoms with Crippen LogP contribution < -0.4 is 4.80 Å². The summed E-state index contributed by atoms with van der Waals surface area (Å²) in [4.78, 5) is 17.1. The number of thiazole rings is 1. The van der Waals surface area contributed by atoms with Gasteiger partial charge in [0.15, 0.2) is 10.5 Å². The number of rotatable bonds is 2. The summed E-state index contributed by atoms with van der Waals surface area (Å²) in [6, 6.07) is 8.07. The van der Waals surface area contributed by atoms with Gasteiger partial charge in [-0.3, -0.25) is 9.48 Å². The largest absolute Gasteiger partial charge is 0.319 e. The van der Waals surface area contributed by atoms with Crippen molar-refractivity contribution in [1.29, 1.82) is 0 Å². The Labute approximate surface area is 132 Å². The minimum absolute atomic E-state index is 0.313. The number of fused-ring (bicyclic) bond motifs is 1. The molecule has 0 radical (unpaired) electrons. The predicted molar refractivity (Wildman–Crippen MR) is 88.0 cm³/mol. The van der Waals surface area contributed by atoms with E-state index in [1.165, 1.54) is 16.9 Å². The molecule has 2 heterocycles. The van der Waals surface area contributed by atoms with Gasteiger partial charge in [0.25, 0.3) is 5.91 Å². The smallest absolute Gasteiger partial charge is 0.300 e. The Kier molecular flexibility index (Phi) is 3.70. The molecule has 0 saturated carbocycles. The van der Waals surface area contributed by atoms with Gasteiger partial charge in [0.2, 0.25) is 0 Å². The zero-order chi connectivity index (χ0) is 15.9. The highest BCUT2D eigenvalue weighted by Gasteiger charge is 2.10. The summed E-state index contributed by atoms with van der Waals surface area (Å²) in [5.41, 5.74) is 2.74. The zero-order valence-electron chi connectivity index (χ0n) is 13.1. The molecule has 0 saturated heterocycles. The van der Waals surface area contributed by atoms with E-state index in [1.54, 1.807) is 24.0 Å². The van der Waals surface area contributed by atoms with Crippen molar-refractivity contribution in [3.8, 4) is 0 Å². The van der Waals surface area contributed by atoms with Gasteiger partial charge in [-0.1, -0.05) is 31.3 Å². The molecular weight excluding hydrogens is 296 g/mol. The second-order valence-electron chi connectivity index (χ2n) is 5.62. The molecule has 0 aliphatic rings. The van der Waals surface area contributed by atoms with Crippen LogP contribution in [0, 0.1) is 0 Å². The Bertz CT molecular complexity index is 914. The van der Waals surface area contributed by atoms with Gasteiger partial charge in [-0.25, -0.2) is 0 Å². The molecule has 22 heavy (non-hydrogen) atoms. The molecule has 3 rings (SSSR count). The molecule has 114 valence electrons. The van der Waals surface area contributed by atoms with E-state index in [4.69, 9.17) is 0 Å². The summed E-state index contributed by atoms with van der Waals surface area (Å²) in [5.74, 6) is 0.166. The first-order chi connectivity index (χ1) is 10.5. The molecule has 0 N–H and O–H groups in total. The Morgan fingerprint density at radius 1 is 1.27 bits per heavy atom. The lowest BCUT2D eigenvalue weighted by Crippen LogP contribution is -2.13. The first-order valence-corrected chi connectivity index (χ1v) is 7.95. The summed E-state index contributed by atoms with van der Waals surface area (Å²) >= 11 is 1.53. The quantitative estimate of drug-likeness (QED) is 0.730. The van der Waals surface area contributed by atoms with Crippen LogP contribution in [-0.4, -0.2) is 20.3 Å². The second kappa shape index (κ2) is 5.53. The van der Waals surface area contributed by atoms with Crippen LogP contribution >= 0.6 is 11.3 Å². The van der Waals surface area contributed by atoms with Gasteiger partial charge < -0.3 is 4.57 Å². The van der Waals surface area contributed by atoms with Gasteiger partial charge in [0, 0.05) is 20.3 Å². The van der Waals surface area contributed by atoms with Crippen molar-refractivity contribution in [2.75, 3.05) is 0 Å². The molecule has 0 aliphatic carbocycles. The first kappa shape index (κ1) is 14.7. The summed E-state index contributed by atoms with van der Waals surface area (Å²) in [5, 5.41) is 4.10. The SMILES string of the molecule is CC(C)c1ccc2c(c1)sc(=NC(=O)c1ccn(C)n1)n2C. The van der Waals surface area contributed by atoms with E-state index in [9.17, 15) is 4.79 Å². The van der Waals surface area contributed by atoms with Gasteiger partial charge in [-0.2, -0.15) is 10.1 Å². The summed E-state index contributed by atoms with van der Waals surface area (Å²) in [6.07, 6.45) is 1.74. The number of carbonyl (C=O) groups is 1. The van der Waals surface area contributed by atoms with E-state index in [-0.39, 0.29) is 5.91 Å². The lowest BCUT2D eigenvalue weighted by atomic mass is 10.0. The number of amides is 1. The van der Waals surface area contributed by atoms with Crippen molar-refractivity contribution in [1.82, 2.24) is 14.3 Å². The normalized spacial score (nSPS) is 12.5. The number of hydrogen-bond acceptors (Lipinski definition) is 3. The number of nitrogens with zero attached hydrogens (tertiary/aromatic N) is 4. The molecule has 0 fully saturated rings. The minimum atomic E-state index is -0.313. The topological polar surface area (TPSA) is 52.2 Å². The van der Waals surface area contributed by atoms with Crippen LogP contribution in [0.15, 0.2) is 35.5 Å². The maximum atomic E-state index is 12.2. The number of hydrogen-bond donors (Lipinski definition) is 0. The molecule has 0 atom stereocenters. The van der Waals surface area contributed by atoms with Crippen LogP contribution in [0.1, 0.15) is 35.8 Å². The predicted octanol–water partition coefficient (Wildman–Crippen LogP) is 2.84. The highest BCUT2D eigenvalue weighted by molar-refractivity contribution is 7.16. The van der Waals surface area contributed by atoms with Crippen LogP contribution in [0.2, 0.25) is 0 Å². The fourth-order valence-electron chi connectivity index (χ4n) is 2.29. The third kappa shape index (κ3) is 2.62. The zero-order valence-corrected chi connectivity index (χ0v) is 13.9. The standard InChI is InChI=1S/C16H18N4OS/c1-10(2)11-5-6-13-14(9-11)22-16(20(13)4)17-15(21)12-7-8-19(3)18-12/h5-10H,1-4H3. The summed E-state index contributed by atoms with van der Waals surface area (Å²) in [7, 11) is 3.71. The van der Waals surface area contributed by atoms with Gasteiger partial charge in [-0.15, -0.1) is 0 Å². The Balaban J connectivity index is 2.09. The highest BCUT2D eigenvalue weighted by Crippen LogP contribution is 2.22. The molecule has 0 aliphatic heterocycles. The molecule has 1 amide bonds. The van der Waals surface area contributed by atoms with E-state index in [0.717, 1.165) is 10.2 Å².